The molecule has 0 atom stereocenters. The molecule has 4 nitrogen and oxygen atoms in total. The Kier molecular flexibility index (Phi) is 5.18. The van der Waals surface area contributed by atoms with Crippen LogP contribution >= 0.6 is 0 Å². The van der Waals surface area contributed by atoms with Gasteiger partial charge in [-0.05, 0) is 67.4 Å². The molecule has 0 spiro atoms. The number of halogens is 1. The number of anilines is 1. The van der Waals surface area contributed by atoms with Gasteiger partial charge >= 0.3 is 0 Å². The second kappa shape index (κ2) is 7.71. The molecule has 3 aromatic rings. The zero-order valence-corrected chi connectivity index (χ0v) is 14.9. The highest BCUT2D eigenvalue weighted by atomic mass is 19.1. The van der Waals surface area contributed by atoms with Crippen molar-refractivity contribution in [2.24, 2.45) is 0 Å². The number of hydrogen-bond acceptors (Lipinski definition) is 3. The second-order valence-electron chi connectivity index (χ2n) is 6.15. The lowest BCUT2D eigenvalue weighted by atomic mass is 10.1. The number of nitriles is 1. The van der Waals surface area contributed by atoms with Crippen molar-refractivity contribution in [1.82, 2.24) is 0 Å². The van der Waals surface area contributed by atoms with Crippen LogP contribution in [0.4, 0.5) is 10.1 Å². The number of hydrogen-bond donors (Lipinski definition) is 1. The Balaban J connectivity index is 1.82. The summed E-state index contributed by atoms with van der Waals surface area (Å²) in [4.78, 5) is 12.4. The Morgan fingerprint density at radius 3 is 2.56 bits per heavy atom. The van der Waals surface area contributed by atoms with Crippen LogP contribution in [-0.4, -0.2) is 5.91 Å². The summed E-state index contributed by atoms with van der Waals surface area (Å²) >= 11 is 0. The molecule has 0 saturated carbocycles. The summed E-state index contributed by atoms with van der Waals surface area (Å²) in [5.74, 6) is 0.0432. The standard InChI is InChI=1S/C22H17FN2O2/c1-14-3-4-15(2)20(11-14)25-22(26)17(13-24)12-19-9-10-21(27-19)16-5-7-18(23)8-6-16/h3-12H,1-2H3,(H,25,26)/b17-12+. The molecule has 27 heavy (non-hydrogen) atoms. The van der Waals surface area contributed by atoms with Gasteiger partial charge in [0, 0.05) is 17.3 Å². The highest BCUT2D eigenvalue weighted by Crippen LogP contribution is 2.24. The smallest absolute Gasteiger partial charge is 0.266 e. The zero-order valence-electron chi connectivity index (χ0n) is 14.9. The van der Waals surface area contributed by atoms with Crippen LogP contribution in [0.2, 0.25) is 0 Å². The molecule has 2 aromatic carbocycles. The van der Waals surface area contributed by atoms with Crippen molar-refractivity contribution < 1.29 is 13.6 Å². The number of benzene rings is 2. The maximum absolute atomic E-state index is 13.0. The molecule has 0 bridgehead atoms. The summed E-state index contributed by atoms with van der Waals surface area (Å²) in [6.07, 6.45) is 1.38. The Morgan fingerprint density at radius 2 is 1.85 bits per heavy atom. The quantitative estimate of drug-likeness (QED) is 0.510. The molecule has 0 aliphatic heterocycles. The second-order valence-corrected chi connectivity index (χ2v) is 6.15. The lowest BCUT2D eigenvalue weighted by Crippen LogP contribution is -2.14. The molecule has 0 aliphatic rings. The number of amides is 1. The van der Waals surface area contributed by atoms with E-state index in [2.05, 4.69) is 5.32 Å². The van der Waals surface area contributed by atoms with Crippen LogP contribution in [0.15, 0.2) is 64.6 Å². The van der Waals surface area contributed by atoms with E-state index >= 15 is 0 Å². The van der Waals surface area contributed by atoms with Gasteiger partial charge < -0.3 is 9.73 Å². The van der Waals surface area contributed by atoms with Crippen LogP contribution in [0.5, 0.6) is 0 Å². The van der Waals surface area contributed by atoms with E-state index in [9.17, 15) is 14.4 Å². The maximum Gasteiger partial charge on any atom is 0.266 e. The molecule has 0 radical (unpaired) electrons. The molecule has 3 rings (SSSR count). The van der Waals surface area contributed by atoms with Crippen LogP contribution < -0.4 is 5.32 Å². The summed E-state index contributed by atoms with van der Waals surface area (Å²) in [7, 11) is 0. The van der Waals surface area contributed by atoms with Gasteiger partial charge in [-0.15, -0.1) is 0 Å². The fraction of sp³-hybridized carbons (Fsp3) is 0.0909. The third kappa shape index (κ3) is 4.31. The van der Waals surface area contributed by atoms with Crippen molar-refractivity contribution in [3.8, 4) is 17.4 Å². The Labute approximate surface area is 156 Å². The fourth-order valence-electron chi connectivity index (χ4n) is 2.55. The lowest BCUT2D eigenvalue weighted by molar-refractivity contribution is -0.112. The van der Waals surface area contributed by atoms with Crippen molar-refractivity contribution >= 4 is 17.7 Å². The third-order valence-electron chi connectivity index (χ3n) is 4.05. The van der Waals surface area contributed by atoms with Gasteiger partial charge in [-0.2, -0.15) is 5.26 Å². The van der Waals surface area contributed by atoms with E-state index < -0.39 is 5.91 Å². The number of aryl methyl sites for hydroxylation is 2. The van der Waals surface area contributed by atoms with E-state index in [1.165, 1.54) is 18.2 Å². The maximum atomic E-state index is 13.0. The van der Waals surface area contributed by atoms with Gasteiger partial charge in [-0.3, -0.25) is 4.79 Å². The molecule has 134 valence electrons. The zero-order chi connectivity index (χ0) is 19.4. The van der Waals surface area contributed by atoms with Gasteiger partial charge in [0.25, 0.3) is 5.91 Å². The minimum absolute atomic E-state index is 0.0732. The predicted octanol–water partition coefficient (Wildman–Crippen LogP) is 5.25. The number of carbonyl (C=O) groups is 1. The molecular formula is C22H17FN2O2. The highest BCUT2D eigenvalue weighted by Gasteiger charge is 2.13. The van der Waals surface area contributed by atoms with Crippen LogP contribution in [0, 0.1) is 31.0 Å². The molecular weight excluding hydrogens is 343 g/mol. The average molecular weight is 360 g/mol. The van der Waals surface area contributed by atoms with Crippen molar-refractivity contribution in [3.63, 3.8) is 0 Å². The van der Waals surface area contributed by atoms with Crippen molar-refractivity contribution in [2.45, 2.75) is 13.8 Å². The summed E-state index contributed by atoms with van der Waals surface area (Å²) in [5, 5.41) is 12.1. The van der Waals surface area contributed by atoms with E-state index in [1.54, 1.807) is 24.3 Å². The van der Waals surface area contributed by atoms with E-state index in [0.29, 0.717) is 22.8 Å². The predicted molar refractivity (Wildman–Crippen MR) is 102 cm³/mol. The normalized spacial score (nSPS) is 11.1. The fourth-order valence-corrected chi connectivity index (χ4v) is 2.55. The van der Waals surface area contributed by atoms with Gasteiger partial charge in [0.05, 0.1) is 0 Å². The largest absolute Gasteiger partial charge is 0.457 e. The molecule has 0 fully saturated rings. The molecule has 0 unspecified atom stereocenters. The Morgan fingerprint density at radius 1 is 1.11 bits per heavy atom. The van der Waals surface area contributed by atoms with Crippen LogP contribution in [-0.2, 0) is 4.79 Å². The summed E-state index contributed by atoms with van der Waals surface area (Å²) < 4.78 is 18.7. The van der Waals surface area contributed by atoms with Gasteiger partial charge in [-0.25, -0.2) is 4.39 Å². The number of carbonyl (C=O) groups excluding carboxylic acids is 1. The first kappa shape index (κ1) is 18.2. The molecule has 5 heteroatoms. The SMILES string of the molecule is Cc1ccc(C)c(NC(=O)/C(C#N)=C/c2ccc(-c3ccc(F)cc3)o2)c1. The first-order valence-electron chi connectivity index (χ1n) is 8.32. The number of nitrogens with one attached hydrogen (secondary N) is 1. The topological polar surface area (TPSA) is 66.0 Å². The van der Waals surface area contributed by atoms with E-state index in [0.717, 1.165) is 11.1 Å². The number of furan rings is 1. The summed E-state index contributed by atoms with van der Waals surface area (Å²) in [6.45, 7) is 3.81. The van der Waals surface area contributed by atoms with Gasteiger partial charge in [0.1, 0.15) is 29.0 Å². The van der Waals surface area contributed by atoms with Gasteiger partial charge in [0.2, 0.25) is 0 Å². The Hall–Kier alpha value is -3.65. The third-order valence-corrected chi connectivity index (χ3v) is 4.05. The van der Waals surface area contributed by atoms with Crippen LogP contribution in [0.3, 0.4) is 0 Å². The van der Waals surface area contributed by atoms with E-state index in [4.69, 9.17) is 4.42 Å². The monoisotopic (exact) mass is 360 g/mol. The molecule has 1 amide bonds. The molecule has 1 aromatic heterocycles. The molecule has 1 N–H and O–H groups in total. The average Bonchev–Trinajstić information content (AvgIpc) is 3.12. The van der Waals surface area contributed by atoms with Crippen LogP contribution in [0.1, 0.15) is 16.9 Å². The minimum Gasteiger partial charge on any atom is -0.457 e. The van der Waals surface area contributed by atoms with Crippen molar-refractivity contribution in [2.75, 3.05) is 5.32 Å². The number of nitrogens with zero attached hydrogens (tertiary/aromatic N) is 1. The molecule has 1 heterocycles. The summed E-state index contributed by atoms with van der Waals surface area (Å²) in [5.41, 5.74) is 3.20. The van der Waals surface area contributed by atoms with Crippen LogP contribution in [0.25, 0.3) is 17.4 Å². The van der Waals surface area contributed by atoms with E-state index in [-0.39, 0.29) is 11.4 Å². The minimum atomic E-state index is -0.508. The lowest BCUT2D eigenvalue weighted by Gasteiger charge is -2.08. The molecule has 0 saturated heterocycles. The van der Waals surface area contributed by atoms with E-state index in [1.807, 2.05) is 38.1 Å². The van der Waals surface area contributed by atoms with Crippen molar-refractivity contribution in [3.05, 3.63) is 82.9 Å². The van der Waals surface area contributed by atoms with Gasteiger partial charge in [-0.1, -0.05) is 12.1 Å². The Bertz CT molecular complexity index is 1060. The summed E-state index contributed by atoms with van der Waals surface area (Å²) in [6, 6.07) is 16.8. The van der Waals surface area contributed by atoms with Crippen molar-refractivity contribution in [1.29, 1.82) is 5.26 Å². The van der Waals surface area contributed by atoms with Gasteiger partial charge in [0.15, 0.2) is 0 Å². The molecule has 0 aliphatic carbocycles. The highest BCUT2D eigenvalue weighted by molar-refractivity contribution is 6.09. The number of rotatable bonds is 4. The first-order valence-corrected chi connectivity index (χ1v) is 8.32. The first-order chi connectivity index (χ1) is 13.0.